The smallest absolute Gasteiger partial charge is 0.258 e. The minimum absolute atomic E-state index is 0.0800. The summed E-state index contributed by atoms with van der Waals surface area (Å²) in [5.41, 5.74) is 1.08. The van der Waals surface area contributed by atoms with E-state index < -0.39 is 0 Å². The average Bonchev–Trinajstić information content (AvgIpc) is 2.84. The van der Waals surface area contributed by atoms with Gasteiger partial charge >= 0.3 is 0 Å². The molecule has 0 radical (unpaired) electrons. The molecule has 1 amide bonds. The summed E-state index contributed by atoms with van der Waals surface area (Å²) in [7, 11) is 0. The molecule has 0 spiro atoms. The second-order valence-electron chi connectivity index (χ2n) is 5.11. The number of amides is 1. The third-order valence-electron chi connectivity index (χ3n) is 4.46. The van der Waals surface area contributed by atoms with Crippen LogP contribution in [-0.4, -0.2) is 23.9 Å². The summed E-state index contributed by atoms with van der Waals surface area (Å²) >= 11 is 3.27. The molecular formula is C14H20BrNO2. The van der Waals surface area contributed by atoms with Crippen LogP contribution in [0.2, 0.25) is 0 Å². The van der Waals surface area contributed by atoms with Crippen molar-refractivity contribution in [3.8, 4) is 0 Å². The Bertz CT molecular complexity index is 413. The van der Waals surface area contributed by atoms with Crippen molar-refractivity contribution < 1.29 is 9.21 Å². The number of halogens is 1. The predicted octanol–water partition coefficient (Wildman–Crippen LogP) is 4.08. The lowest BCUT2D eigenvalue weighted by molar-refractivity contribution is 0.0556. The van der Waals surface area contributed by atoms with E-state index >= 15 is 0 Å². The minimum atomic E-state index is 0.0800. The van der Waals surface area contributed by atoms with E-state index in [4.69, 9.17) is 4.42 Å². The molecule has 0 aliphatic carbocycles. The molecule has 0 bridgehead atoms. The monoisotopic (exact) mass is 313 g/mol. The number of hydrogen-bond acceptors (Lipinski definition) is 2. The predicted molar refractivity (Wildman–Crippen MR) is 74.6 cm³/mol. The highest BCUT2D eigenvalue weighted by atomic mass is 79.9. The van der Waals surface area contributed by atoms with Crippen LogP contribution in [0.25, 0.3) is 0 Å². The lowest BCUT2D eigenvalue weighted by Crippen LogP contribution is -2.42. The molecule has 4 heteroatoms. The van der Waals surface area contributed by atoms with Gasteiger partial charge in [0.1, 0.15) is 0 Å². The molecule has 1 aliphatic heterocycles. The van der Waals surface area contributed by atoms with Gasteiger partial charge in [0, 0.05) is 13.1 Å². The fourth-order valence-corrected chi connectivity index (χ4v) is 3.17. The van der Waals surface area contributed by atoms with Crippen molar-refractivity contribution in [2.24, 2.45) is 5.41 Å². The fraction of sp³-hybridized carbons (Fsp3) is 0.643. The van der Waals surface area contributed by atoms with E-state index in [0.29, 0.717) is 15.6 Å². The molecule has 2 heterocycles. The highest BCUT2D eigenvalue weighted by Gasteiger charge is 2.33. The van der Waals surface area contributed by atoms with Crippen molar-refractivity contribution in [3.63, 3.8) is 0 Å². The zero-order chi connectivity index (χ0) is 13.2. The molecule has 1 saturated heterocycles. The van der Waals surface area contributed by atoms with Gasteiger partial charge in [0.2, 0.25) is 0 Å². The Balaban J connectivity index is 2.02. The van der Waals surface area contributed by atoms with Gasteiger partial charge < -0.3 is 9.32 Å². The summed E-state index contributed by atoms with van der Waals surface area (Å²) in [6.45, 7) is 6.23. The second-order valence-corrected chi connectivity index (χ2v) is 5.83. The van der Waals surface area contributed by atoms with Gasteiger partial charge in [-0.05, 0) is 40.3 Å². The lowest BCUT2D eigenvalue weighted by Gasteiger charge is -2.40. The summed E-state index contributed by atoms with van der Waals surface area (Å²) < 4.78 is 5.67. The Morgan fingerprint density at radius 2 is 2.00 bits per heavy atom. The van der Waals surface area contributed by atoms with Crippen LogP contribution in [0.15, 0.2) is 21.4 Å². The summed E-state index contributed by atoms with van der Waals surface area (Å²) in [6, 6.07) is 1.73. The van der Waals surface area contributed by atoms with Crippen LogP contribution in [0.1, 0.15) is 49.9 Å². The average molecular weight is 314 g/mol. The molecule has 0 N–H and O–H groups in total. The Labute approximate surface area is 117 Å². The maximum absolute atomic E-state index is 12.3. The van der Waals surface area contributed by atoms with E-state index in [9.17, 15) is 4.79 Å². The van der Waals surface area contributed by atoms with Crippen LogP contribution in [0.4, 0.5) is 0 Å². The first kappa shape index (κ1) is 13.7. The van der Waals surface area contributed by atoms with Crippen molar-refractivity contribution in [1.29, 1.82) is 0 Å². The Kier molecular flexibility index (Phi) is 4.15. The quantitative estimate of drug-likeness (QED) is 0.842. The maximum atomic E-state index is 12.3. The van der Waals surface area contributed by atoms with Crippen molar-refractivity contribution in [1.82, 2.24) is 4.90 Å². The summed E-state index contributed by atoms with van der Waals surface area (Å²) in [5, 5.41) is 0. The van der Waals surface area contributed by atoms with E-state index in [0.717, 1.165) is 25.9 Å². The number of furan rings is 1. The zero-order valence-corrected chi connectivity index (χ0v) is 12.6. The number of piperidine rings is 1. The molecule has 1 aliphatic rings. The fourth-order valence-electron chi connectivity index (χ4n) is 2.76. The molecule has 100 valence electrons. The van der Waals surface area contributed by atoms with E-state index in [-0.39, 0.29) is 5.91 Å². The van der Waals surface area contributed by atoms with Gasteiger partial charge in [0.15, 0.2) is 4.67 Å². The van der Waals surface area contributed by atoms with Crippen LogP contribution in [0, 0.1) is 5.41 Å². The van der Waals surface area contributed by atoms with Gasteiger partial charge in [-0.25, -0.2) is 0 Å². The van der Waals surface area contributed by atoms with Gasteiger partial charge in [-0.1, -0.05) is 26.7 Å². The third kappa shape index (κ3) is 2.48. The molecule has 18 heavy (non-hydrogen) atoms. The van der Waals surface area contributed by atoms with Crippen molar-refractivity contribution >= 4 is 21.8 Å². The molecular weight excluding hydrogens is 294 g/mol. The molecule has 0 atom stereocenters. The minimum Gasteiger partial charge on any atom is -0.457 e. The number of hydrogen-bond donors (Lipinski definition) is 0. The van der Waals surface area contributed by atoms with Crippen LogP contribution >= 0.6 is 15.9 Å². The summed E-state index contributed by atoms with van der Waals surface area (Å²) in [6.07, 6.45) is 6.19. The standard InChI is InChI=1S/C14H20BrNO2/c1-3-14(4-2)6-8-16(9-7-14)13(17)11-5-10-18-12(11)15/h5,10H,3-4,6-9H2,1-2H3. The SMILES string of the molecule is CCC1(CC)CCN(C(=O)c2ccoc2Br)CC1. The van der Waals surface area contributed by atoms with E-state index in [2.05, 4.69) is 29.8 Å². The summed E-state index contributed by atoms with van der Waals surface area (Å²) in [4.78, 5) is 14.2. The number of nitrogens with zero attached hydrogens (tertiary/aromatic N) is 1. The first-order chi connectivity index (χ1) is 8.62. The van der Waals surface area contributed by atoms with Crippen LogP contribution < -0.4 is 0 Å². The first-order valence-electron chi connectivity index (χ1n) is 6.64. The Hall–Kier alpha value is -0.770. The van der Waals surface area contributed by atoms with E-state index in [1.54, 1.807) is 12.3 Å². The highest BCUT2D eigenvalue weighted by molar-refractivity contribution is 9.10. The third-order valence-corrected chi connectivity index (χ3v) is 5.07. The molecule has 1 aromatic heterocycles. The molecule has 1 aromatic rings. The number of carbonyl (C=O) groups excluding carboxylic acids is 1. The molecule has 2 rings (SSSR count). The van der Waals surface area contributed by atoms with Gasteiger partial charge in [-0.3, -0.25) is 4.79 Å². The second kappa shape index (κ2) is 5.47. The van der Waals surface area contributed by atoms with Gasteiger partial charge in [0.05, 0.1) is 11.8 Å². The zero-order valence-electron chi connectivity index (χ0n) is 11.0. The van der Waals surface area contributed by atoms with Crippen LogP contribution in [0.5, 0.6) is 0 Å². The molecule has 0 saturated carbocycles. The van der Waals surface area contributed by atoms with Crippen molar-refractivity contribution in [3.05, 3.63) is 22.6 Å². The number of likely N-dealkylation sites (tertiary alicyclic amines) is 1. The number of rotatable bonds is 3. The molecule has 0 unspecified atom stereocenters. The van der Waals surface area contributed by atoms with E-state index in [1.165, 1.54) is 12.8 Å². The van der Waals surface area contributed by atoms with Crippen LogP contribution in [-0.2, 0) is 0 Å². The topological polar surface area (TPSA) is 33.5 Å². The lowest BCUT2D eigenvalue weighted by atomic mass is 9.74. The van der Waals surface area contributed by atoms with Crippen molar-refractivity contribution in [2.75, 3.05) is 13.1 Å². The van der Waals surface area contributed by atoms with Gasteiger partial charge in [0.25, 0.3) is 5.91 Å². The largest absolute Gasteiger partial charge is 0.457 e. The van der Waals surface area contributed by atoms with E-state index in [1.807, 2.05) is 4.90 Å². The Morgan fingerprint density at radius 3 is 2.44 bits per heavy atom. The molecule has 0 aromatic carbocycles. The molecule has 1 fully saturated rings. The summed E-state index contributed by atoms with van der Waals surface area (Å²) in [5.74, 6) is 0.0800. The van der Waals surface area contributed by atoms with Gasteiger partial charge in [-0.15, -0.1) is 0 Å². The number of carbonyl (C=O) groups is 1. The van der Waals surface area contributed by atoms with Crippen LogP contribution in [0.3, 0.4) is 0 Å². The maximum Gasteiger partial charge on any atom is 0.258 e. The van der Waals surface area contributed by atoms with Crippen molar-refractivity contribution in [2.45, 2.75) is 39.5 Å². The van der Waals surface area contributed by atoms with Gasteiger partial charge in [-0.2, -0.15) is 0 Å². The normalized spacial score (nSPS) is 18.9. The molecule has 3 nitrogen and oxygen atoms in total. The highest BCUT2D eigenvalue weighted by Crippen LogP contribution is 2.38. The first-order valence-corrected chi connectivity index (χ1v) is 7.43. The Morgan fingerprint density at radius 1 is 1.39 bits per heavy atom.